The predicted molar refractivity (Wildman–Crippen MR) is 55.4 cm³/mol. The van der Waals surface area contributed by atoms with Crippen LogP contribution >= 0.6 is 11.6 Å². The molecule has 0 aromatic heterocycles. The molecule has 1 aromatic rings. The lowest BCUT2D eigenvalue weighted by Gasteiger charge is -2.07. The molecule has 0 atom stereocenters. The zero-order valence-corrected chi connectivity index (χ0v) is 8.35. The second kappa shape index (κ2) is 2.75. The summed E-state index contributed by atoms with van der Waals surface area (Å²) in [6.07, 6.45) is 5.53. The van der Waals surface area contributed by atoms with Gasteiger partial charge in [-0.1, -0.05) is 17.7 Å². The predicted octanol–water partition coefficient (Wildman–Crippen LogP) is 4.09. The SMILES string of the molecule is Clc1ccc(C2CC2)c(C2CC2)c1. The van der Waals surface area contributed by atoms with Gasteiger partial charge in [0.05, 0.1) is 0 Å². The highest BCUT2D eigenvalue weighted by atomic mass is 35.5. The molecule has 2 aliphatic carbocycles. The monoisotopic (exact) mass is 192 g/mol. The van der Waals surface area contributed by atoms with Gasteiger partial charge in [0.2, 0.25) is 0 Å². The van der Waals surface area contributed by atoms with Crippen molar-refractivity contribution in [2.45, 2.75) is 37.5 Å². The van der Waals surface area contributed by atoms with E-state index in [0.717, 1.165) is 16.9 Å². The van der Waals surface area contributed by atoms with Gasteiger partial charge in [0, 0.05) is 5.02 Å². The minimum atomic E-state index is 0.842. The molecule has 0 unspecified atom stereocenters. The standard InChI is InChI=1S/C12H13Cl/c13-10-5-6-11(8-1-2-8)12(7-10)9-3-4-9/h5-9H,1-4H2. The van der Waals surface area contributed by atoms with Crippen LogP contribution in [0.15, 0.2) is 18.2 Å². The van der Waals surface area contributed by atoms with Gasteiger partial charge >= 0.3 is 0 Å². The van der Waals surface area contributed by atoms with Crippen LogP contribution in [0.3, 0.4) is 0 Å². The first kappa shape index (κ1) is 7.87. The van der Waals surface area contributed by atoms with Crippen molar-refractivity contribution in [2.75, 3.05) is 0 Å². The average molecular weight is 193 g/mol. The first-order valence-electron chi connectivity index (χ1n) is 5.14. The Morgan fingerprint density at radius 3 is 2.15 bits per heavy atom. The maximum Gasteiger partial charge on any atom is 0.0409 e. The molecule has 0 nitrogen and oxygen atoms in total. The normalized spacial score (nSPS) is 21.9. The Hall–Kier alpha value is -0.490. The van der Waals surface area contributed by atoms with E-state index in [2.05, 4.69) is 12.1 Å². The molecule has 3 rings (SSSR count). The van der Waals surface area contributed by atoms with Gasteiger partial charge < -0.3 is 0 Å². The van der Waals surface area contributed by atoms with Gasteiger partial charge in [-0.15, -0.1) is 0 Å². The van der Waals surface area contributed by atoms with Crippen molar-refractivity contribution in [3.05, 3.63) is 34.3 Å². The summed E-state index contributed by atoms with van der Waals surface area (Å²) in [5.74, 6) is 1.71. The van der Waals surface area contributed by atoms with E-state index in [1.165, 1.54) is 25.7 Å². The molecule has 0 N–H and O–H groups in total. The highest BCUT2D eigenvalue weighted by Gasteiger charge is 2.32. The van der Waals surface area contributed by atoms with Gasteiger partial charge in [-0.05, 0) is 60.8 Å². The lowest BCUT2D eigenvalue weighted by Crippen LogP contribution is -1.89. The third-order valence-corrected chi connectivity index (χ3v) is 3.32. The summed E-state index contributed by atoms with van der Waals surface area (Å²) in [5, 5.41) is 0.909. The highest BCUT2D eigenvalue weighted by molar-refractivity contribution is 6.30. The molecule has 13 heavy (non-hydrogen) atoms. The molecule has 0 heterocycles. The molecule has 0 aliphatic heterocycles. The maximum atomic E-state index is 6.01. The molecule has 0 spiro atoms. The molecule has 68 valence electrons. The maximum absolute atomic E-state index is 6.01. The molecule has 2 saturated carbocycles. The molecule has 0 amide bonds. The number of benzene rings is 1. The van der Waals surface area contributed by atoms with Crippen molar-refractivity contribution in [1.82, 2.24) is 0 Å². The number of hydrogen-bond donors (Lipinski definition) is 0. The Labute approximate surface area is 83.9 Å². The Balaban J connectivity index is 2.04. The van der Waals surface area contributed by atoms with E-state index in [-0.39, 0.29) is 0 Å². The van der Waals surface area contributed by atoms with E-state index in [4.69, 9.17) is 11.6 Å². The van der Waals surface area contributed by atoms with Gasteiger partial charge in [0.25, 0.3) is 0 Å². The third kappa shape index (κ3) is 1.48. The summed E-state index contributed by atoms with van der Waals surface area (Å²) in [7, 11) is 0. The molecule has 1 aromatic carbocycles. The van der Waals surface area contributed by atoms with E-state index in [9.17, 15) is 0 Å². The van der Waals surface area contributed by atoms with Crippen LogP contribution in [0.25, 0.3) is 0 Å². The summed E-state index contributed by atoms with van der Waals surface area (Å²) in [4.78, 5) is 0. The van der Waals surface area contributed by atoms with Crippen LogP contribution in [-0.4, -0.2) is 0 Å². The van der Waals surface area contributed by atoms with Crippen molar-refractivity contribution in [3.63, 3.8) is 0 Å². The van der Waals surface area contributed by atoms with Crippen LogP contribution in [0.4, 0.5) is 0 Å². The van der Waals surface area contributed by atoms with Crippen LogP contribution in [0, 0.1) is 0 Å². The van der Waals surface area contributed by atoms with E-state index in [1.54, 1.807) is 11.1 Å². The van der Waals surface area contributed by atoms with Gasteiger partial charge in [-0.2, -0.15) is 0 Å². The molecule has 2 fully saturated rings. The third-order valence-electron chi connectivity index (χ3n) is 3.08. The zero-order valence-electron chi connectivity index (χ0n) is 7.59. The summed E-state index contributed by atoms with van der Waals surface area (Å²) in [5.41, 5.74) is 3.14. The lowest BCUT2D eigenvalue weighted by atomic mass is 10.00. The Morgan fingerprint density at radius 2 is 1.54 bits per heavy atom. The largest absolute Gasteiger partial charge is 0.0843 e. The number of halogens is 1. The fourth-order valence-corrected chi connectivity index (χ4v) is 2.24. The van der Waals surface area contributed by atoms with E-state index < -0.39 is 0 Å². The Kier molecular flexibility index (Phi) is 1.66. The van der Waals surface area contributed by atoms with Gasteiger partial charge in [0.1, 0.15) is 0 Å². The van der Waals surface area contributed by atoms with Crippen molar-refractivity contribution < 1.29 is 0 Å². The van der Waals surface area contributed by atoms with Crippen molar-refractivity contribution in [1.29, 1.82) is 0 Å². The fraction of sp³-hybridized carbons (Fsp3) is 0.500. The van der Waals surface area contributed by atoms with E-state index in [0.29, 0.717) is 0 Å². The fourth-order valence-electron chi connectivity index (χ4n) is 2.06. The Morgan fingerprint density at radius 1 is 0.923 bits per heavy atom. The highest BCUT2D eigenvalue weighted by Crippen LogP contribution is 2.49. The molecule has 0 saturated heterocycles. The van der Waals surface area contributed by atoms with Crippen molar-refractivity contribution in [2.24, 2.45) is 0 Å². The van der Waals surface area contributed by atoms with Crippen LogP contribution in [0.5, 0.6) is 0 Å². The molecular weight excluding hydrogens is 180 g/mol. The first-order valence-corrected chi connectivity index (χ1v) is 5.52. The van der Waals surface area contributed by atoms with Gasteiger partial charge in [0.15, 0.2) is 0 Å². The van der Waals surface area contributed by atoms with Crippen LogP contribution in [0.1, 0.15) is 48.6 Å². The minimum absolute atomic E-state index is 0.842. The Bertz CT molecular complexity index is 335. The number of rotatable bonds is 2. The number of hydrogen-bond acceptors (Lipinski definition) is 0. The summed E-state index contributed by atoms with van der Waals surface area (Å²) in [6, 6.07) is 6.47. The summed E-state index contributed by atoms with van der Waals surface area (Å²) >= 11 is 6.01. The molecule has 0 radical (unpaired) electrons. The summed E-state index contributed by atoms with van der Waals surface area (Å²) in [6.45, 7) is 0. The van der Waals surface area contributed by atoms with E-state index in [1.807, 2.05) is 6.07 Å². The van der Waals surface area contributed by atoms with Crippen LogP contribution in [-0.2, 0) is 0 Å². The average Bonchev–Trinajstić information content (AvgIpc) is 3.00. The minimum Gasteiger partial charge on any atom is -0.0843 e. The molecular formula is C12H13Cl. The smallest absolute Gasteiger partial charge is 0.0409 e. The van der Waals surface area contributed by atoms with Crippen LogP contribution < -0.4 is 0 Å². The van der Waals surface area contributed by atoms with Gasteiger partial charge in [-0.3, -0.25) is 0 Å². The molecule has 2 aliphatic rings. The quantitative estimate of drug-likeness (QED) is 0.662. The topological polar surface area (TPSA) is 0 Å². The summed E-state index contributed by atoms with van der Waals surface area (Å²) < 4.78 is 0. The van der Waals surface area contributed by atoms with E-state index >= 15 is 0 Å². The second-order valence-corrected chi connectivity index (χ2v) is 4.76. The first-order chi connectivity index (χ1) is 6.34. The zero-order chi connectivity index (χ0) is 8.84. The molecule has 0 bridgehead atoms. The van der Waals surface area contributed by atoms with Gasteiger partial charge in [-0.25, -0.2) is 0 Å². The van der Waals surface area contributed by atoms with Crippen molar-refractivity contribution in [3.8, 4) is 0 Å². The molecule has 1 heteroatoms. The van der Waals surface area contributed by atoms with Crippen LogP contribution in [0.2, 0.25) is 5.02 Å². The second-order valence-electron chi connectivity index (χ2n) is 4.32. The lowest BCUT2D eigenvalue weighted by molar-refractivity contribution is 1.02. The van der Waals surface area contributed by atoms with Crippen molar-refractivity contribution >= 4 is 11.6 Å².